The van der Waals surface area contributed by atoms with Crippen LogP contribution >= 0.6 is 0 Å². The molecule has 0 aromatic heterocycles. The molecule has 0 radical (unpaired) electrons. The third kappa shape index (κ3) is 17.1. The molecule has 1 aromatic rings. The Bertz CT molecular complexity index is 302. The molecule has 1 rings (SSSR count). The van der Waals surface area contributed by atoms with Gasteiger partial charge in [-0.2, -0.15) is 0 Å². The smallest absolute Gasteiger partial charge is 0.214 e. The summed E-state index contributed by atoms with van der Waals surface area (Å²) in [5.74, 6) is -0.333. The number of carbonyl (C=O) groups is 1. The average molecular weight is 251 g/mol. The molecule has 2 nitrogen and oxygen atoms in total. The summed E-state index contributed by atoms with van der Waals surface area (Å²) in [7, 11) is 0. The van der Waals surface area contributed by atoms with E-state index in [1.165, 1.54) is 37.3 Å². The first-order valence-electron chi connectivity index (χ1n) is 6.79. The molecule has 0 aliphatic carbocycles. The molecule has 1 aromatic carbocycles. The molecule has 104 valence electrons. The van der Waals surface area contributed by atoms with Gasteiger partial charge in [0.05, 0.1) is 0 Å². The summed E-state index contributed by atoms with van der Waals surface area (Å²) in [6.45, 7) is 10.0. The van der Waals surface area contributed by atoms with Crippen molar-refractivity contribution in [3.05, 3.63) is 35.4 Å². The molecule has 0 atom stereocenters. The first-order chi connectivity index (χ1) is 8.47. The Morgan fingerprint density at radius 2 is 1.67 bits per heavy atom. The fraction of sp³-hybridized carbons (Fsp3) is 0.562. The van der Waals surface area contributed by atoms with Gasteiger partial charge in [0.15, 0.2) is 0 Å². The number of amides is 1. The molecular formula is C16H29NO. The van der Waals surface area contributed by atoms with Crippen molar-refractivity contribution in [3.8, 4) is 0 Å². The third-order valence-corrected chi connectivity index (χ3v) is 2.20. The van der Waals surface area contributed by atoms with Crippen molar-refractivity contribution in [1.29, 1.82) is 0 Å². The van der Waals surface area contributed by atoms with Crippen LogP contribution in [-0.2, 0) is 11.2 Å². The quantitative estimate of drug-likeness (QED) is 0.857. The van der Waals surface area contributed by atoms with Crippen molar-refractivity contribution < 1.29 is 4.79 Å². The van der Waals surface area contributed by atoms with Gasteiger partial charge in [-0.3, -0.25) is 4.79 Å². The normalized spacial score (nSPS) is 8.50. The highest BCUT2D eigenvalue weighted by molar-refractivity contribution is 5.70. The molecule has 18 heavy (non-hydrogen) atoms. The van der Waals surface area contributed by atoms with Crippen LogP contribution in [0.4, 0.5) is 0 Å². The molecule has 0 fully saturated rings. The number of nitrogens with two attached hydrogens (primary N) is 1. The molecule has 2 heteroatoms. The first kappa shape index (κ1) is 19.0. The van der Waals surface area contributed by atoms with E-state index in [1.54, 1.807) is 0 Å². The largest absolute Gasteiger partial charge is 0.370 e. The van der Waals surface area contributed by atoms with Gasteiger partial charge in [0.2, 0.25) is 5.91 Å². The first-order valence-corrected chi connectivity index (χ1v) is 6.79. The number of aryl methyl sites for hydroxylation is 2. The number of carbonyl (C=O) groups excluding carboxylic acids is 1. The number of benzene rings is 1. The maximum absolute atomic E-state index is 9.22. The highest BCUT2D eigenvalue weighted by atomic mass is 16.1. The Hall–Kier alpha value is -1.31. The number of rotatable bonds is 3. The Kier molecular flexibility index (Phi) is 14.5. The van der Waals surface area contributed by atoms with Crippen molar-refractivity contribution in [1.82, 2.24) is 0 Å². The number of unbranched alkanes of at least 4 members (excludes halogenated alkanes) is 2. The van der Waals surface area contributed by atoms with Crippen LogP contribution in [0.1, 0.15) is 58.1 Å². The van der Waals surface area contributed by atoms with Gasteiger partial charge in [0.25, 0.3) is 0 Å². The van der Waals surface area contributed by atoms with Crippen LogP contribution in [0.3, 0.4) is 0 Å². The van der Waals surface area contributed by atoms with Crippen molar-refractivity contribution in [3.63, 3.8) is 0 Å². The SMILES string of the molecule is CC(N)=O.CCCCC.CCc1cccc(C)c1. The lowest BCUT2D eigenvalue weighted by atomic mass is 10.1. The standard InChI is InChI=1S/C9H12.C5H12.C2H5NO/c1-3-9-6-4-5-8(2)7-9;1-3-5-4-2;1-2(3)4/h4-7H,3H2,1-2H3;3-5H2,1-2H3;1H3,(H2,3,4). The third-order valence-electron chi connectivity index (χ3n) is 2.20. The van der Waals surface area contributed by atoms with Crippen molar-refractivity contribution in [2.24, 2.45) is 5.73 Å². The second-order valence-electron chi connectivity index (χ2n) is 4.31. The average Bonchev–Trinajstić information content (AvgIpc) is 2.30. The van der Waals surface area contributed by atoms with Crippen LogP contribution in [0.5, 0.6) is 0 Å². The topological polar surface area (TPSA) is 43.1 Å². The van der Waals surface area contributed by atoms with Gasteiger partial charge in [0.1, 0.15) is 0 Å². The maximum Gasteiger partial charge on any atom is 0.214 e. The Balaban J connectivity index is 0. The lowest BCUT2D eigenvalue weighted by Crippen LogP contribution is -2.01. The van der Waals surface area contributed by atoms with E-state index < -0.39 is 0 Å². The van der Waals surface area contributed by atoms with Crippen molar-refractivity contribution in [2.45, 2.75) is 60.3 Å². The second-order valence-corrected chi connectivity index (χ2v) is 4.31. The predicted molar refractivity (Wildman–Crippen MR) is 80.6 cm³/mol. The highest BCUT2D eigenvalue weighted by Gasteiger charge is 1.85. The summed E-state index contributed by atoms with van der Waals surface area (Å²) in [6.07, 6.45) is 5.22. The second kappa shape index (κ2) is 13.8. The lowest BCUT2D eigenvalue weighted by Gasteiger charge is -1.95. The van der Waals surface area contributed by atoms with Gasteiger partial charge in [-0.25, -0.2) is 0 Å². The highest BCUT2D eigenvalue weighted by Crippen LogP contribution is 2.03. The van der Waals surface area contributed by atoms with Gasteiger partial charge in [-0.05, 0) is 18.9 Å². The van der Waals surface area contributed by atoms with Crippen LogP contribution in [0, 0.1) is 6.92 Å². The van der Waals surface area contributed by atoms with E-state index in [0.29, 0.717) is 0 Å². The van der Waals surface area contributed by atoms with E-state index in [0.717, 1.165) is 6.42 Å². The molecule has 0 saturated carbocycles. The zero-order valence-electron chi connectivity index (χ0n) is 12.6. The summed E-state index contributed by atoms with van der Waals surface area (Å²) >= 11 is 0. The van der Waals surface area contributed by atoms with Crippen LogP contribution in [-0.4, -0.2) is 5.91 Å². The molecule has 0 saturated heterocycles. The number of hydrogen-bond acceptors (Lipinski definition) is 1. The fourth-order valence-electron chi connectivity index (χ4n) is 1.29. The molecule has 0 unspecified atom stereocenters. The van der Waals surface area contributed by atoms with E-state index in [-0.39, 0.29) is 5.91 Å². The number of hydrogen-bond donors (Lipinski definition) is 1. The molecule has 0 aliphatic heterocycles. The zero-order chi connectivity index (χ0) is 14.4. The molecule has 0 spiro atoms. The molecule has 2 N–H and O–H groups in total. The van der Waals surface area contributed by atoms with Crippen LogP contribution in [0.2, 0.25) is 0 Å². The fourth-order valence-corrected chi connectivity index (χ4v) is 1.29. The van der Waals surface area contributed by atoms with E-state index in [2.05, 4.69) is 57.7 Å². The molecular weight excluding hydrogens is 222 g/mol. The van der Waals surface area contributed by atoms with E-state index in [4.69, 9.17) is 0 Å². The van der Waals surface area contributed by atoms with Crippen LogP contribution < -0.4 is 5.73 Å². The summed E-state index contributed by atoms with van der Waals surface area (Å²) < 4.78 is 0. The molecule has 0 heterocycles. The van der Waals surface area contributed by atoms with Gasteiger partial charge in [-0.1, -0.05) is 69.9 Å². The predicted octanol–water partition coefficient (Wildman–Crippen LogP) is 4.25. The van der Waals surface area contributed by atoms with Crippen LogP contribution in [0.15, 0.2) is 24.3 Å². The summed E-state index contributed by atoms with van der Waals surface area (Å²) in [5.41, 5.74) is 7.25. The Labute approximate surface area is 113 Å². The summed E-state index contributed by atoms with van der Waals surface area (Å²) in [6, 6.07) is 8.61. The van der Waals surface area contributed by atoms with Gasteiger partial charge >= 0.3 is 0 Å². The monoisotopic (exact) mass is 251 g/mol. The Morgan fingerprint density at radius 1 is 1.17 bits per heavy atom. The minimum Gasteiger partial charge on any atom is -0.370 e. The summed E-state index contributed by atoms with van der Waals surface area (Å²) in [4.78, 5) is 9.22. The molecule has 0 aliphatic rings. The molecule has 1 amide bonds. The van der Waals surface area contributed by atoms with Gasteiger partial charge in [0, 0.05) is 6.92 Å². The summed E-state index contributed by atoms with van der Waals surface area (Å²) in [5, 5.41) is 0. The number of primary amides is 1. The van der Waals surface area contributed by atoms with Gasteiger partial charge in [-0.15, -0.1) is 0 Å². The van der Waals surface area contributed by atoms with E-state index in [9.17, 15) is 4.79 Å². The Morgan fingerprint density at radius 3 is 1.89 bits per heavy atom. The minimum atomic E-state index is -0.333. The zero-order valence-corrected chi connectivity index (χ0v) is 12.6. The van der Waals surface area contributed by atoms with Crippen molar-refractivity contribution in [2.75, 3.05) is 0 Å². The van der Waals surface area contributed by atoms with E-state index >= 15 is 0 Å². The molecule has 0 bridgehead atoms. The van der Waals surface area contributed by atoms with Gasteiger partial charge < -0.3 is 5.73 Å². The van der Waals surface area contributed by atoms with Crippen LogP contribution in [0.25, 0.3) is 0 Å². The van der Waals surface area contributed by atoms with Crippen molar-refractivity contribution >= 4 is 5.91 Å². The minimum absolute atomic E-state index is 0.333. The maximum atomic E-state index is 9.22. The lowest BCUT2D eigenvalue weighted by molar-refractivity contribution is -0.115. The van der Waals surface area contributed by atoms with E-state index in [1.807, 2.05) is 0 Å².